The van der Waals surface area contributed by atoms with Crippen molar-refractivity contribution in [1.29, 1.82) is 0 Å². The van der Waals surface area contributed by atoms with Crippen molar-refractivity contribution in [3.63, 3.8) is 0 Å². The highest BCUT2D eigenvalue weighted by molar-refractivity contribution is 6.30. The first-order valence-electron chi connectivity index (χ1n) is 8.76. The molecule has 1 heterocycles. The van der Waals surface area contributed by atoms with Gasteiger partial charge >= 0.3 is 6.18 Å². The summed E-state index contributed by atoms with van der Waals surface area (Å²) in [5.74, 6) is -0.317. The quantitative estimate of drug-likeness (QED) is 0.525. The highest BCUT2D eigenvalue weighted by Crippen LogP contribution is 2.42. The molecule has 0 aromatic heterocycles. The van der Waals surface area contributed by atoms with Crippen molar-refractivity contribution in [2.45, 2.75) is 45.1 Å². The SMILES string of the molecule is CC1(C)OC(C)(C)/C(=C\c2cc(-c3ccc(Cl)cc3)ccc2C(F)(F)F)C1=O. The van der Waals surface area contributed by atoms with Gasteiger partial charge in [-0.3, -0.25) is 4.79 Å². The fraction of sp³-hybridized carbons (Fsp3) is 0.318. The summed E-state index contributed by atoms with van der Waals surface area (Å²) in [6.45, 7) is 6.60. The summed E-state index contributed by atoms with van der Waals surface area (Å²) < 4.78 is 46.5. The van der Waals surface area contributed by atoms with Crippen LogP contribution >= 0.6 is 11.6 Å². The largest absolute Gasteiger partial charge is 0.416 e. The molecule has 1 fully saturated rings. The van der Waals surface area contributed by atoms with E-state index in [1.54, 1.807) is 52.0 Å². The summed E-state index contributed by atoms with van der Waals surface area (Å²) in [5, 5.41) is 0.538. The Balaban J connectivity index is 2.19. The number of hydrogen-bond acceptors (Lipinski definition) is 2. The van der Waals surface area contributed by atoms with Crippen LogP contribution in [0.5, 0.6) is 0 Å². The van der Waals surface area contributed by atoms with Gasteiger partial charge in [-0.2, -0.15) is 13.2 Å². The van der Waals surface area contributed by atoms with E-state index in [0.29, 0.717) is 10.6 Å². The molecule has 0 aliphatic carbocycles. The van der Waals surface area contributed by atoms with Gasteiger partial charge in [-0.05, 0) is 74.7 Å². The lowest BCUT2D eigenvalue weighted by molar-refractivity contribution is -0.137. The van der Waals surface area contributed by atoms with E-state index in [9.17, 15) is 18.0 Å². The number of benzene rings is 2. The van der Waals surface area contributed by atoms with E-state index < -0.39 is 22.9 Å². The number of hydrogen-bond donors (Lipinski definition) is 0. The second kappa shape index (κ2) is 6.75. The topological polar surface area (TPSA) is 26.3 Å². The predicted octanol–water partition coefficient (Wildman–Crippen LogP) is 6.57. The molecule has 1 saturated heterocycles. The third kappa shape index (κ3) is 3.87. The number of ketones is 1. The molecule has 1 aliphatic rings. The van der Waals surface area contributed by atoms with Gasteiger partial charge in [-0.25, -0.2) is 0 Å². The zero-order chi connectivity index (χ0) is 20.9. The molecular formula is C22H20ClF3O2. The Morgan fingerprint density at radius 1 is 0.929 bits per heavy atom. The highest BCUT2D eigenvalue weighted by Gasteiger charge is 2.49. The zero-order valence-electron chi connectivity index (χ0n) is 15.9. The third-order valence-electron chi connectivity index (χ3n) is 4.78. The molecule has 0 spiro atoms. The Labute approximate surface area is 167 Å². The molecule has 28 heavy (non-hydrogen) atoms. The molecule has 0 bridgehead atoms. The third-order valence-corrected chi connectivity index (χ3v) is 5.04. The molecule has 2 nitrogen and oxygen atoms in total. The van der Waals surface area contributed by atoms with Crippen LogP contribution < -0.4 is 0 Å². The lowest BCUT2D eigenvalue weighted by Crippen LogP contribution is -2.29. The number of Topliss-reactive ketones (excluding diaryl/α,β-unsaturated/α-hetero) is 1. The summed E-state index contributed by atoms with van der Waals surface area (Å²) in [5.41, 5.74) is -1.40. The van der Waals surface area contributed by atoms with Crippen LogP contribution in [-0.2, 0) is 15.7 Å². The Hall–Kier alpha value is -2.11. The lowest BCUT2D eigenvalue weighted by Gasteiger charge is -2.22. The maximum atomic E-state index is 13.6. The number of rotatable bonds is 2. The van der Waals surface area contributed by atoms with Gasteiger partial charge in [-0.15, -0.1) is 0 Å². The molecule has 2 aromatic carbocycles. The average molecular weight is 409 g/mol. The standard InChI is InChI=1S/C22H20ClF3O2/c1-20(2)18(19(27)21(3,4)28-20)12-15-11-14(7-10-17(15)22(24,25)26)13-5-8-16(23)9-6-13/h5-12H,1-4H3/b18-12-. The minimum absolute atomic E-state index is 0.0716. The van der Waals surface area contributed by atoms with E-state index in [0.717, 1.165) is 11.6 Å². The maximum absolute atomic E-state index is 13.6. The number of carbonyl (C=O) groups excluding carboxylic acids is 1. The van der Waals surface area contributed by atoms with Crippen LogP contribution in [0.3, 0.4) is 0 Å². The fourth-order valence-electron chi connectivity index (χ4n) is 3.49. The van der Waals surface area contributed by atoms with Crippen LogP contribution in [0.1, 0.15) is 38.8 Å². The van der Waals surface area contributed by atoms with E-state index in [1.807, 2.05) is 0 Å². The average Bonchev–Trinajstić information content (AvgIpc) is 2.72. The van der Waals surface area contributed by atoms with E-state index >= 15 is 0 Å². The smallest absolute Gasteiger partial charge is 0.357 e. The van der Waals surface area contributed by atoms with Gasteiger partial charge in [0.25, 0.3) is 0 Å². The lowest BCUT2D eigenvalue weighted by atomic mass is 9.89. The Bertz CT molecular complexity index is 955. The molecule has 0 unspecified atom stereocenters. The molecular weight excluding hydrogens is 389 g/mol. The van der Waals surface area contributed by atoms with Crippen LogP contribution in [0.15, 0.2) is 48.0 Å². The monoisotopic (exact) mass is 408 g/mol. The molecule has 0 radical (unpaired) electrons. The highest BCUT2D eigenvalue weighted by atomic mass is 35.5. The van der Waals surface area contributed by atoms with E-state index in [-0.39, 0.29) is 16.9 Å². The number of alkyl halides is 3. The summed E-state index contributed by atoms with van der Waals surface area (Å²) >= 11 is 5.89. The predicted molar refractivity (Wildman–Crippen MR) is 104 cm³/mol. The van der Waals surface area contributed by atoms with Crippen molar-refractivity contribution in [3.8, 4) is 11.1 Å². The molecule has 148 valence electrons. The van der Waals surface area contributed by atoms with Crippen LogP contribution in [-0.4, -0.2) is 17.0 Å². The molecule has 1 aliphatic heterocycles. The van der Waals surface area contributed by atoms with Crippen molar-refractivity contribution in [3.05, 3.63) is 64.2 Å². The molecule has 0 saturated carbocycles. The molecule has 0 atom stereocenters. The van der Waals surface area contributed by atoms with Gasteiger partial charge in [0.1, 0.15) is 5.60 Å². The minimum atomic E-state index is -4.55. The van der Waals surface area contributed by atoms with Crippen LogP contribution in [0.25, 0.3) is 17.2 Å². The Kier molecular flexibility index (Phi) is 4.97. The molecule has 6 heteroatoms. The van der Waals surface area contributed by atoms with Gasteiger partial charge < -0.3 is 4.74 Å². The summed E-state index contributed by atoms with van der Waals surface area (Å²) in [4.78, 5) is 12.7. The van der Waals surface area contributed by atoms with Crippen molar-refractivity contribution >= 4 is 23.5 Å². The number of carbonyl (C=O) groups is 1. The van der Waals surface area contributed by atoms with Crippen molar-refractivity contribution in [2.24, 2.45) is 0 Å². The van der Waals surface area contributed by atoms with Crippen LogP contribution in [0, 0.1) is 0 Å². The Morgan fingerprint density at radius 2 is 1.50 bits per heavy atom. The second-order valence-electron chi connectivity index (χ2n) is 7.82. The van der Waals surface area contributed by atoms with Gasteiger partial charge in [0.2, 0.25) is 0 Å². The normalized spacial score (nSPS) is 20.0. The van der Waals surface area contributed by atoms with Gasteiger partial charge in [0.05, 0.1) is 11.2 Å². The van der Waals surface area contributed by atoms with Crippen LogP contribution in [0.4, 0.5) is 13.2 Å². The maximum Gasteiger partial charge on any atom is 0.416 e. The first kappa shape index (κ1) is 20.6. The van der Waals surface area contributed by atoms with Gasteiger partial charge in [0.15, 0.2) is 5.78 Å². The zero-order valence-corrected chi connectivity index (χ0v) is 16.7. The summed E-state index contributed by atoms with van der Waals surface area (Å²) in [6, 6.07) is 10.7. The summed E-state index contributed by atoms with van der Waals surface area (Å²) in [7, 11) is 0. The molecule has 0 N–H and O–H groups in total. The fourth-order valence-corrected chi connectivity index (χ4v) is 3.62. The van der Waals surface area contributed by atoms with Gasteiger partial charge in [-0.1, -0.05) is 29.8 Å². The minimum Gasteiger partial charge on any atom is -0.357 e. The van der Waals surface area contributed by atoms with Crippen molar-refractivity contribution < 1.29 is 22.7 Å². The molecule has 3 rings (SSSR count). The van der Waals surface area contributed by atoms with E-state index in [2.05, 4.69) is 0 Å². The second-order valence-corrected chi connectivity index (χ2v) is 8.25. The summed E-state index contributed by atoms with van der Waals surface area (Å²) in [6.07, 6.45) is -3.24. The van der Waals surface area contributed by atoms with E-state index in [4.69, 9.17) is 16.3 Å². The van der Waals surface area contributed by atoms with Crippen molar-refractivity contribution in [2.75, 3.05) is 0 Å². The number of ether oxygens (including phenoxy) is 1. The number of halogens is 4. The molecule has 0 amide bonds. The van der Waals surface area contributed by atoms with Crippen LogP contribution in [0.2, 0.25) is 5.02 Å². The van der Waals surface area contributed by atoms with E-state index in [1.165, 1.54) is 18.2 Å². The first-order chi connectivity index (χ1) is 12.8. The van der Waals surface area contributed by atoms with Crippen molar-refractivity contribution in [1.82, 2.24) is 0 Å². The Morgan fingerprint density at radius 3 is 2.00 bits per heavy atom. The van der Waals surface area contributed by atoms with Gasteiger partial charge in [0, 0.05) is 10.6 Å². The first-order valence-corrected chi connectivity index (χ1v) is 9.13. The molecule has 2 aromatic rings.